The van der Waals surface area contributed by atoms with Gasteiger partial charge < -0.3 is 15.1 Å². The summed E-state index contributed by atoms with van der Waals surface area (Å²) in [5, 5.41) is 3.44. The molecule has 1 fully saturated rings. The summed E-state index contributed by atoms with van der Waals surface area (Å²) in [6.07, 6.45) is 3.27. The van der Waals surface area contributed by atoms with Crippen LogP contribution < -0.4 is 10.2 Å². The van der Waals surface area contributed by atoms with E-state index in [1.54, 1.807) is 24.4 Å². The van der Waals surface area contributed by atoms with Crippen LogP contribution in [0.4, 0.5) is 10.2 Å². The number of nitrogens with one attached hydrogen (secondary N) is 1. The molecule has 0 bridgehead atoms. The Labute approximate surface area is 173 Å². The number of anilines is 1. The van der Waals surface area contributed by atoms with Gasteiger partial charge in [0.2, 0.25) is 0 Å². The van der Waals surface area contributed by atoms with Gasteiger partial charge in [-0.05, 0) is 25.2 Å². The van der Waals surface area contributed by atoms with Gasteiger partial charge in [-0.1, -0.05) is 18.2 Å². The van der Waals surface area contributed by atoms with Crippen molar-refractivity contribution >= 4 is 23.1 Å². The van der Waals surface area contributed by atoms with Crippen molar-refractivity contribution in [3.8, 4) is 10.6 Å². The molecule has 150 valence electrons. The predicted molar refractivity (Wildman–Crippen MR) is 113 cm³/mol. The molecule has 0 spiro atoms. The summed E-state index contributed by atoms with van der Waals surface area (Å²) in [6, 6.07) is 10.3. The maximum absolute atomic E-state index is 14.0. The molecule has 0 saturated carbocycles. The van der Waals surface area contributed by atoms with Crippen LogP contribution in [-0.4, -0.2) is 54.0 Å². The highest BCUT2D eigenvalue weighted by Crippen LogP contribution is 2.27. The van der Waals surface area contributed by atoms with E-state index in [1.807, 2.05) is 12.1 Å². The summed E-state index contributed by atoms with van der Waals surface area (Å²) < 4.78 is 14.0. The van der Waals surface area contributed by atoms with E-state index in [1.165, 1.54) is 23.6 Å². The van der Waals surface area contributed by atoms with Crippen LogP contribution in [0.25, 0.3) is 10.6 Å². The van der Waals surface area contributed by atoms with Crippen molar-refractivity contribution in [3.05, 3.63) is 65.0 Å². The first-order valence-corrected chi connectivity index (χ1v) is 10.3. The van der Waals surface area contributed by atoms with E-state index < -0.39 is 0 Å². The van der Waals surface area contributed by atoms with Crippen LogP contribution in [0.5, 0.6) is 0 Å². The highest BCUT2D eigenvalue weighted by molar-refractivity contribution is 7.16. The molecule has 1 saturated heterocycles. The maximum Gasteiger partial charge on any atom is 0.263 e. The lowest BCUT2D eigenvalue weighted by atomic mass is 10.2. The molecule has 0 radical (unpaired) electrons. The molecular formula is C21H22FN5OS. The summed E-state index contributed by atoms with van der Waals surface area (Å²) >= 11 is 1.18. The molecule has 8 heteroatoms. The normalized spacial score (nSPS) is 14.8. The molecule has 1 aromatic carbocycles. The number of likely N-dealkylation sites (N-methyl/N-ethyl adjacent to an activating group) is 1. The first-order chi connectivity index (χ1) is 14.1. The van der Waals surface area contributed by atoms with Gasteiger partial charge in [0.25, 0.3) is 5.91 Å². The number of aromatic nitrogens is 2. The number of carbonyl (C=O) groups is 1. The molecular weight excluding hydrogens is 389 g/mol. The number of benzene rings is 1. The second-order valence-electron chi connectivity index (χ2n) is 6.97. The number of piperazine rings is 1. The number of hydrogen-bond donors (Lipinski definition) is 1. The van der Waals surface area contributed by atoms with Crippen molar-refractivity contribution < 1.29 is 9.18 Å². The smallest absolute Gasteiger partial charge is 0.263 e. The van der Waals surface area contributed by atoms with E-state index >= 15 is 0 Å². The number of halogens is 1. The van der Waals surface area contributed by atoms with Gasteiger partial charge >= 0.3 is 0 Å². The van der Waals surface area contributed by atoms with Crippen molar-refractivity contribution in [2.45, 2.75) is 6.54 Å². The first-order valence-electron chi connectivity index (χ1n) is 9.48. The third-order valence-corrected chi connectivity index (χ3v) is 5.97. The van der Waals surface area contributed by atoms with E-state index in [2.05, 4.69) is 32.1 Å². The minimum absolute atomic E-state index is 0.224. The quantitative estimate of drug-likeness (QED) is 0.699. The zero-order valence-corrected chi connectivity index (χ0v) is 17.0. The van der Waals surface area contributed by atoms with Gasteiger partial charge in [0.1, 0.15) is 21.5 Å². The average molecular weight is 412 g/mol. The molecule has 3 aromatic rings. The average Bonchev–Trinajstić information content (AvgIpc) is 3.23. The molecule has 29 heavy (non-hydrogen) atoms. The Morgan fingerprint density at radius 2 is 1.93 bits per heavy atom. The number of nitrogens with zero attached hydrogens (tertiary/aromatic N) is 4. The van der Waals surface area contributed by atoms with Crippen LogP contribution >= 0.6 is 11.3 Å². The second-order valence-corrected chi connectivity index (χ2v) is 8.00. The lowest BCUT2D eigenvalue weighted by Crippen LogP contribution is -2.45. The van der Waals surface area contributed by atoms with Gasteiger partial charge in [-0.25, -0.2) is 14.4 Å². The fourth-order valence-corrected chi connectivity index (χ4v) is 4.13. The topological polar surface area (TPSA) is 61.4 Å². The van der Waals surface area contributed by atoms with E-state index in [9.17, 15) is 9.18 Å². The van der Waals surface area contributed by atoms with Crippen molar-refractivity contribution in [1.82, 2.24) is 20.2 Å². The van der Waals surface area contributed by atoms with Gasteiger partial charge in [0, 0.05) is 50.0 Å². The minimum atomic E-state index is -0.346. The number of hydrogen-bond acceptors (Lipinski definition) is 6. The van der Waals surface area contributed by atoms with Gasteiger partial charge in [-0.2, -0.15) is 0 Å². The van der Waals surface area contributed by atoms with Crippen LogP contribution in [0.15, 0.2) is 48.8 Å². The summed E-state index contributed by atoms with van der Waals surface area (Å²) in [6.45, 7) is 4.18. The van der Waals surface area contributed by atoms with Crippen LogP contribution in [0.3, 0.4) is 0 Å². The monoisotopic (exact) mass is 411 g/mol. The largest absolute Gasteiger partial charge is 0.354 e. The number of rotatable bonds is 5. The Balaban J connectivity index is 1.44. The Hall–Kier alpha value is -2.84. The Morgan fingerprint density at radius 1 is 1.14 bits per heavy atom. The van der Waals surface area contributed by atoms with Crippen LogP contribution in [0, 0.1) is 5.82 Å². The fourth-order valence-electron chi connectivity index (χ4n) is 3.27. The molecule has 0 aliphatic carbocycles. The highest BCUT2D eigenvalue weighted by atomic mass is 32.1. The molecule has 6 nitrogen and oxygen atoms in total. The molecule has 1 aliphatic heterocycles. The third-order valence-electron chi connectivity index (χ3n) is 4.94. The van der Waals surface area contributed by atoms with Gasteiger partial charge in [0.05, 0.1) is 6.20 Å². The SMILES string of the molecule is CN1CCN(c2ncccc2CNC(=O)c2cnc(-c3ccccc3F)s2)CC1. The Kier molecular flexibility index (Phi) is 5.82. The maximum atomic E-state index is 14.0. The van der Waals surface area contributed by atoms with Crippen molar-refractivity contribution in [2.24, 2.45) is 0 Å². The number of pyridine rings is 1. The molecule has 0 atom stereocenters. The van der Waals surface area contributed by atoms with Crippen LogP contribution in [0.1, 0.15) is 15.2 Å². The van der Waals surface area contributed by atoms with Crippen molar-refractivity contribution in [3.63, 3.8) is 0 Å². The molecule has 4 rings (SSSR count). The number of amides is 1. The summed E-state index contributed by atoms with van der Waals surface area (Å²) in [5.41, 5.74) is 1.38. The molecule has 2 aromatic heterocycles. The standard InChI is InChI=1S/C21H22FN5OS/c1-26-9-11-27(12-10-26)19-15(5-4-8-23-19)13-24-20(28)18-14-25-21(29-18)16-6-2-3-7-17(16)22/h2-8,14H,9-13H2,1H3,(H,24,28). The fraction of sp³-hybridized carbons (Fsp3) is 0.286. The van der Waals surface area contributed by atoms with E-state index in [0.717, 1.165) is 37.6 Å². The molecule has 3 heterocycles. The zero-order chi connectivity index (χ0) is 20.2. The summed E-state index contributed by atoms with van der Waals surface area (Å²) in [4.78, 5) is 26.3. The summed E-state index contributed by atoms with van der Waals surface area (Å²) in [7, 11) is 2.11. The van der Waals surface area contributed by atoms with Gasteiger partial charge in [0.15, 0.2) is 0 Å². The van der Waals surface area contributed by atoms with Gasteiger partial charge in [-0.15, -0.1) is 11.3 Å². The predicted octanol–water partition coefficient (Wildman–Crippen LogP) is 3.03. The van der Waals surface area contributed by atoms with Crippen molar-refractivity contribution in [2.75, 3.05) is 38.1 Å². The van der Waals surface area contributed by atoms with E-state index in [4.69, 9.17) is 0 Å². The zero-order valence-electron chi connectivity index (χ0n) is 16.1. The van der Waals surface area contributed by atoms with Crippen molar-refractivity contribution in [1.29, 1.82) is 0 Å². The second kappa shape index (κ2) is 8.67. The van der Waals surface area contributed by atoms with E-state index in [0.29, 0.717) is 22.0 Å². The molecule has 0 unspecified atom stereocenters. The number of thiazole rings is 1. The Morgan fingerprint density at radius 3 is 2.72 bits per heavy atom. The minimum Gasteiger partial charge on any atom is -0.354 e. The van der Waals surface area contributed by atoms with Crippen LogP contribution in [-0.2, 0) is 6.54 Å². The third kappa shape index (κ3) is 4.44. The van der Waals surface area contributed by atoms with E-state index in [-0.39, 0.29) is 11.7 Å². The Bertz CT molecular complexity index is 1000. The first kappa shape index (κ1) is 19.5. The molecule has 1 aliphatic rings. The lowest BCUT2D eigenvalue weighted by molar-refractivity contribution is 0.0955. The molecule has 1 N–H and O–H groups in total. The van der Waals surface area contributed by atoms with Crippen LogP contribution in [0.2, 0.25) is 0 Å². The lowest BCUT2D eigenvalue weighted by Gasteiger charge is -2.34. The molecule has 1 amide bonds. The summed E-state index contributed by atoms with van der Waals surface area (Å²) in [5.74, 6) is 0.344. The van der Waals surface area contributed by atoms with Gasteiger partial charge in [-0.3, -0.25) is 4.79 Å². The number of carbonyl (C=O) groups excluding carboxylic acids is 1. The highest BCUT2D eigenvalue weighted by Gasteiger charge is 2.19.